The van der Waals surface area contributed by atoms with Gasteiger partial charge >= 0.3 is 0 Å². The Morgan fingerprint density at radius 2 is 1.82 bits per heavy atom. The van der Waals surface area contributed by atoms with Crippen LogP contribution < -0.4 is 10.6 Å². The van der Waals surface area contributed by atoms with E-state index in [1.165, 1.54) is 32.1 Å². The largest absolute Gasteiger partial charge is 0.353 e. The van der Waals surface area contributed by atoms with Crippen LogP contribution in [0.2, 0.25) is 0 Å². The molecule has 1 saturated carbocycles. The van der Waals surface area contributed by atoms with Crippen LogP contribution in [0.1, 0.15) is 59.3 Å². The molecule has 1 aliphatic rings. The van der Waals surface area contributed by atoms with E-state index in [0.29, 0.717) is 24.4 Å². The van der Waals surface area contributed by atoms with Crippen molar-refractivity contribution in [2.45, 2.75) is 71.4 Å². The summed E-state index contributed by atoms with van der Waals surface area (Å²) in [5, 5.41) is 6.41. The Morgan fingerprint density at radius 1 is 1.18 bits per heavy atom. The van der Waals surface area contributed by atoms with Gasteiger partial charge in [0.25, 0.3) is 0 Å². The highest BCUT2D eigenvalue weighted by atomic mass is 16.1. The van der Waals surface area contributed by atoms with Crippen molar-refractivity contribution in [3.05, 3.63) is 0 Å². The molecule has 0 heterocycles. The molecule has 1 amide bonds. The van der Waals surface area contributed by atoms with Crippen molar-refractivity contribution in [2.75, 3.05) is 6.54 Å². The molecule has 1 unspecified atom stereocenters. The van der Waals surface area contributed by atoms with E-state index in [4.69, 9.17) is 0 Å². The summed E-state index contributed by atoms with van der Waals surface area (Å²) in [6.07, 6.45) is 7.20. The van der Waals surface area contributed by atoms with Crippen molar-refractivity contribution in [1.29, 1.82) is 0 Å². The van der Waals surface area contributed by atoms with Crippen LogP contribution in [-0.2, 0) is 4.79 Å². The highest BCUT2D eigenvalue weighted by Crippen LogP contribution is 2.26. The van der Waals surface area contributed by atoms with Crippen molar-refractivity contribution in [2.24, 2.45) is 5.92 Å². The van der Waals surface area contributed by atoms with Crippen molar-refractivity contribution >= 4 is 5.91 Å². The van der Waals surface area contributed by atoms with Gasteiger partial charge in [-0.2, -0.15) is 0 Å². The van der Waals surface area contributed by atoms with Crippen LogP contribution in [0.15, 0.2) is 0 Å². The van der Waals surface area contributed by atoms with E-state index >= 15 is 0 Å². The molecule has 1 rings (SSSR count). The van der Waals surface area contributed by atoms with Crippen LogP contribution in [0.3, 0.4) is 0 Å². The van der Waals surface area contributed by atoms with Gasteiger partial charge in [-0.3, -0.25) is 4.79 Å². The van der Waals surface area contributed by atoms with E-state index in [-0.39, 0.29) is 5.91 Å². The fourth-order valence-corrected chi connectivity index (χ4v) is 2.55. The molecule has 17 heavy (non-hydrogen) atoms. The first-order valence-corrected chi connectivity index (χ1v) is 7.12. The third-order valence-corrected chi connectivity index (χ3v) is 3.65. The third kappa shape index (κ3) is 6.06. The van der Waals surface area contributed by atoms with Gasteiger partial charge in [0.2, 0.25) is 5.91 Å². The van der Waals surface area contributed by atoms with Crippen molar-refractivity contribution in [3.63, 3.8) is 0 Å². The predicted molar refractivity (Wildman–Crippen MR) is 71.9 cm³/mol. The maximum Gasteiger partial charge on any atom is 0.221 e. The standard InChI is InChI=1S/C14H28N2O/c1-11(2)15-10-9-14(17)16-12(3)13-7-5-4-6-8-13/h11-13,15H,4-10H2,1-3H3,(H,16,17). The molecule has 1 atom stereocenters. The summed E-state index contributed by atoms with van der Waals surface area (Å²) >= 11 is 0. The fourth-order valence-electron chi connectivity index (χ4n) is 2.55. The Hall–Kier alpha value is -0.570. The molecule has 1 aliphatic carbocycles. The molecule has 0 radical (unpaired) electrons. The highest BCUT2D eigenvalue weighted by Gasteiger charge is 2.21. The molecule has 0 bridgehead atoms. The number of hydrogen-bond acceptors (Lipinski definition) is 2. The van der Waals surface area contributed by atoms with Crippen molar-refractivity contribution in [1.82, 2.24) is 10.6 Å². The lowest BCUT2D eigenvalue weighted by Crippen LogP contribution is -2.40. The van der Waals surface area contributed by atoms with Gasteiger partial charge in [-0.15, -0.1) is 0 Å². The lowest BCUT2D eigenvalue weighted by atomic mass is 9.84. The lowest BCUT2D eigenvalue weighted by molar-refractivity contribution is -0.122. The summed E-state index contributed by atoms with van der Waals surface area (Å²) in [5.41, 5.74) is 0. The average Bonchev–Trinajstić information content (AvgIpc) is 2.29. The monoisotopic (exact) mass is 240 g/mol. The Labute approximate surface area is 106 Å². The molecule has 0 saturated heterocycles. The number of nitrogens with one attached hydrogen (secondary N) is 2. The minimum Gasteiger partial charge on any atom is -0.353 e. The van der Waals surface area contributed by atoms with Crippen LogP contribution in [0.25, 0.3) is 0 Å². The summed E-state index contributed by atoms with van der Waals surface area (Å²) < 4.78 is 0. The first kappa shape index (κ1) is 14.5. The van der Waals surface area contributed by atoms with Crippen molar-refractivity contribution < 1.29 is 4.79 Å². The maximum atomic E-state index is 11.7. The molecule has 100 valence electrons. The first-order valence-electron chi connectivity index (χ1n) is 7.12. The Bertz CT molecular complexity index is 222. The minimum atomic E-state index is 0.191. The zero-order valence-electron chi connectivity index (χ0n) is 11.6. The minimum absolute atomic E-state index is 0.191. The Balaban J connectivity index is 2.15. The molecule has 0 aromatic heterocycles. The van der Waals surface area contributed by atoms with Gasteiger partial charge in [-0.1, -0.05) is 33.1 Å². The second-order valence-electron chi connectivity index (χ2n) is 5.61. The van der Waals surface area contributed by atoms with Crippen LogP contribution in [-0.4, -0.2) is 24.5 Å². The predicted octanol–water partition coefficient (Wildman–Crippen LogP) is 2.46. The van der Waals surface area contributed by atoms with Crippen LogP contribution >= 0.6 is 0 Å². The van der Waals surface area contributed by atoms with Gasteiger partial charge in [0.1, 0.15) is 0 Å². The third-order valence-electron chi connectivity index (χ3n) is 3.65. The van der Waals surface area contributed by atoms with Crippen molar-refractivity contribution in [3.8, 4) is 0 Å². The van der Waals surface area contributed by atoms with Crippen LogP contribution in [0, 0.1) is 5.92 Å². The highest BCUT2D eigenvalue weighted by molar-refractivity contribution is 5.76. The molecule has 0 aromatic carbocycles. The van der Waals surface area contributed by atoms with Crippen LogP contribution in [0.5, 0.6) is 0 Å². The summed E-state index contributed by atoms with van der Waals surface area (Å²) in [6.45, 7) is 7.13. The van der Waals surface area contributed by atoms with Gasteiger partial charge in [0.15, 0.2) is 0 Å². The van der Waals surface area contributed by atoms with Gasteiger partial charge in [0, 0.05) is 25.0 Å². The Kier molecular flexibility index (Phi) is 6.56. The van der Waals surface area contributed by atoms with Gasteiger partial charge < -0.3 is 10.6 Å². The quantitative estimate of drug-likeness (QED) is 0.749. The van der Waals surface area contributed by atoms with E-state index in [9.17, 15) is 4.79 Å². The van der Waals surface area contributed by atoms with E-state index in [1.807, 2.05) is 0 Å². The normalized spacial score (nSPS) is 19.3. The van der Waals surface area contributed by atoms with E-state index < -0.39 is 0 Å². The van der Waals surface area contributed by atoms with Gasteiger partial charge in [0.05, 0.1) is 0 Å². The van der Waals surface area contributed by atoms with Gasteiger partial charge in [-0.25, -0.2) is 0 Å². The zero-order valence-corrected chi connectivity index (χ0v) is 11.6. The van der Waals surface area contributed by atoms with E-state index in [0.717, 1.165) is 6.54 Å². The smallest absolute Gasteiger partial charge is 0.221 e. The number of amides is 1. The number of carbonyl (C=O) groups is 1. The van der Waals surface area contributed by atoms with E-state index in [2.05, 4.69) is 31.4 Å². The zero-order chi connectivity index (χ0) is 12.7. The molecule has 1 fully saturated rings. The topological polar surface area (TPSA) is 41.1 Å². The molecule has 3 heteroatoms. The molecule has 2 N–H and O–H groups in total. The lowest BCUT2D eigenvalue weighted by Gasteiger charge is -2.28. The second-order valence-corrected chi connectivity index (χ2v) is 5.61. The second kappa shape index (κ2) is 7.70. The molecule has 3 nitrogen and oxygen atoms in total. The number of rotatable bonds is 6. The Morgan fingerprint density at radius 3 is 2.41 bits per heavy atom. The SMILES string of the molecule is CC(C)NCCC(=O)NC(C)C1CCCCC1. The number of hydrogen-bond donors (Lipinski definition) is 2. The fraction of sp³-hybridized carbons (Fsp3) is 0.929. The number of carbonyl (C=O) groups excluding carboxylic acids is 1. The molecule has 0 aromatic rings. The summed E-state index contributed by atoms with van der Waals surface area (Å²) in [4.78, 5) is 11.7. The summed E-state index contributed by atoms with van der Waals surface area (Å²) in [7, 11) is 0. The molecular weight excluding hydrogens is 212 g/mol. The molecule has 0 aliphatic heterocycles. The van der Waals surface area contributed by atoms with E-state index in [1.54, 1.807) is 0 Å². The van der Waals surface area contributed by atoms with Crippen LogP contribution in [0.4, 0.5) is 0 Å². The first-order chi connectivity index (χ1) is 8.09. The maximum absolute atomic E-state index is 11.7. The molecule has 0 spiro atoms. The molecular formula is C14H28N2O. The summed E-state index contributed by atoms with van der Waals surface area (Å²) in [5.74, 6) is 0.891. The average molecular weight is 240 g/mol. The van der Waals surface area contributed by atoms with Gasteiger partial charge in [-0.05, 0) is 25.7 Å². The summed E-state index contributed by atoms with van der Waals surface area (Å²) in [6, 6.07) is 0.806.